The quantitative estimate of drug-likeness (QED) is 0.721. The van der Waals surface area contributed by atoms with Crippen molar-refractivity contribution in [3.63, 3.8) is 0 Å². The predicted octanol–water partition coefficient (Wildman–Crippen LogP) is 1.53. The lowest BCUT2D eigenvalue weighted by atomic mass is 9.98. The van der Waals surface area contributed by atoms with Crippen molar-refractivity contribution in [1.29, 1.82) is 0 Å². The SMILES string of the molecule is NC1CN(CC(O)CNC(=O)OCC2c3ccccc3-c3ccccc32)C1. The number of aliphatic hydroxyl groups excluding tert-OH is 1. The van der Waals surface area contributed by atoms with E-state index < -0.39 is 12.2 Å². The minimum atomic E-state index is -0.627. The molecular formula is C21H25N3O3. The number of likely N-dealkylation sites (tertiary alicyclic amines) is 1. The van der Waals surface area contributed by atoms with Crippen LogP contribution < -0.4 is 11.1 Å². The van der Waals surface area contributed by atoms with Gasteiger partial charge < -0.3 is 20.9 Å². The zero-order valence-corrected chi connectivity index (χ0v) is 15.2. The Morgan fingerprint density at radius 3 is 2.33 bits per heavy atom. The Morgan fingerprint density at radius 2 is 1.74 bits per heavy atom. The van der Waals surface area contributed by atoms with Crippen LogP contribution in [0.2, 0.25) is 0 Å². The fourth-order valence-electron chi connectivity index (χ4n) is 3.97. The molecule has 6 nitrogen and oxygen atoms in total. The van der Waals surface area contributed by atoms with Crippen LogP contribution in [0.4, 0.5) is 4.79 Å². The molecule has 1 unspecified atom stereocenters. The third-order valence-corrected chi connectivity index (χ3v) is 5.28. The summed E-state index contributed by atoms with van der Waals surface area (Å²) in [4.78, 5) is 14.1. The molecule has 1 fully saturated rings. The maximum absolute atomic E-state index is 12.1. The number of amides is 1. The van der Waals surface area contributed by atoms with Crippen molar-refractivity contribution in [2.24, 2.45) is 5.73 Å². The molecule has 4 rings (SSSR count). The average molecular weight is 367 g/mol. The largest absolute Gasteiger partial charge is 0.449 e. The number of carbonyl (C=O) groups excluding carboxylic acids is 1. The van der Waals surface area contributed by atoms with Gasteiger partial charge >= 0.3 is 6.09 Å². The first kappa shape index (κ1) is 18.0. The Balaban J connectivity index is 1.30. The van der Waals surface area contributed by atoms with E-state index >= 15 is 0 Å². The molecule has 142 valence electrons. The van der Waals surface area contributed by atoms with Crippen LogP contribution >= 0.6 is 0 Å². The van der Waals surface area contributed by atoms with Gasteiger partial charge in [-0.05, 0) is 22.3 Å². The van der Waals surface area contributed by atoms with Crippen LogP contribution in [0, 0.1) is 0 Å². The van der Waals surface area contributed by atoms with Crippen molar-refractivity contribution in [3.05, 3.63) is 59.7 Å². The van der Waals surface area contributed by atoms with Gasteiger partial charge in [-0.1, -0.05) is 48.5 Å². The average Bonchev–Trinajstić information content (AvgIpc) is 2.97. The minimum absolute atomic E-state index is 0.0376. The summed E-state index contributed by atoms with van der Waals surface area (Å²) < 4.78 is 5.46. The molecule has 1 saturated heterocycles. The van der Waals surface area contributed by atoms with Crippen LogP contribution in [0.15, 0.2) is 48.5 Å². The Morgan fingerprint density at radius 1 is 1.15 bits per heavy atom. The molecule has 1 heterocycles. The number of hydrogen-bond donors (Lipinski definition) is 3. The monoisotopic (exact) mass is 367 g/mol. The summed E-state index contributed by atoms with van der Waals surface area (Å²) in [5, 5.41) is 12.7. The Bertz CT molecular complexity index is 774. The van der Waals surface area contributed by atoms with Gasteiger partial charge in [0.1, 0.15) is 6.61 Å². The van der Waals surface area contributed by atoms with Gasteiger partial charge in [-0.25, -0.2) is 4.79 Å². The molecular weight excluding hydrogens is 342 g/mol. The summed E-state index contributed by atoms with van der Waals surface area (Å²) in [7, 11) is 0. The summed E-state index contributed by atoms with van der Waals surface area (Å²) in [6, 6.07) is 16.7. The van der Waals surface area contributed by atoms with Crippen molar-refractivity contribution >= 4 is 6.09 Å². The van der Waals surface area contributed by atoms with E-state index in [0.29, 0.717) is 6.54 Å². The molecule has 1 aliphatic carbocycles. The molecule has 0 aromatic heterocycles. The number of benzene rings is 2. The van der Waals surface area contributed by atoms with Gasteiger partial charge in [-0.2, -0.15) is 0 Å². The fourth-order valence-corrected chi connectivity index (χ4v) is 3.97. The first-order chi connectivity index (χ1) is 13.1. The second-order valence-corrected chi connectivity index (χ2v) is 7.34. The van der Waals surface area contributed by atoms with E-state index in [1.807, 2.05) is 24.3 Å². The topological polar surface area (TPSA) is 87.8 Å². The number of β-amino-alcohol motifs (C(OH)–C–C–N with tert-alkyl or cyclic N) is 1. The van der Waals surface area contributed by atoms with Gasteiger partial charge in [0.25, 0.3) is 0 Å². The summed E-state index contributed by atoms with van der Waals surface area (Å²) in [6.45, 7) is 2.54. The molecule has 1 aliphatic heterocycles. The first-order valence-electron chi connectivity index (χ1n) is 9.36. The number of carbonyl (C=O) groups is 1. The molecule has 2 aromatic rings. The Hall–Kier alpha value is -2.41. The number of fused-ring (bicyclic) bond motifs is 3. The molecule has 6 heteroatoms. The first-order valence-corrected chi connectivity index (χ1v) is 9.36. The fraction of sp³-hybridized carbons (Fsp3) is 0.381. The van der Waals surface area contributed by atoms with Crippen LogP contribution in [0.25, 0.3) is 11.1 Å². The van der Waals surface area contributed by atoms with E-state index in [2.05, 4.69) is 34.5 Å². The van der Waals surface area contributed by atoms with E-state index in [1.165, 1.54) is 22.3 Å². The standard InChI is InChI=1S/C21H25N3O3/c22-14-10-24(11-14)12-15(25)9-23-21(26)27-13-20-18-7-3-1-5-16(18)17-6-2-4-8-19(17)20/h1-8,14-15,20,25H,9-13,22H2,(H,23,26). The lowest BCUT2D eigenvalue weighted by molar-refractivity contribution is 0.0642. The highest BCUT2D eigenvalue weighted by atomic mass is 16.5. The highest BCUT2D eigenvalue weighted by Crippen LogP contribution is 2.44. The maximum Gasteiger partial charge on any atom is 0.407 e. The molecule has 1 amide bonds. The van der Waals surface area contributed by atoms with Crippen molar-refractivity contribution in [1.82, 2.24) is 10.2 Å². The molecule has 2 aliphatic rings. The Kier molecular flexibility index (Phi) is 5.11. The number of alkyl carbamates (subject to hydrolysis) is 1. The highest BCUT2D eigenvalue weighted by molar-refractivity contribution is 5.79. The lowest BCUT2D eigenvalue weighted by Gasteiger charge is -2.37. The normalized spacial score (nSPS) is 17.7. The van der Waals surface area contributed by atoms with Crippen LogP contribution in [0.5, 0.6) is 0 Å². The number of hydrogen-bond acceptors (Lipinski definition) is 5. The number of nitrogens with two attached hydrogens (primary N) is 1. The number of nitrogens with zero attached hydrogens (tertiary/aromatic N) is 1. The lowest BCUT2D eigenvalue weighted by Crippen LogP contribution is -2.58. The van der Waals surface area contributed by atoms with Gasteiger partial charge in [-0.15, -0.1) is 0 Å². The number of rotatable bonds is 6. The maximum atomic E-state index is 12.1. The summed E-state index contributed by atoms with van der Waals surface area (Å²) in [5.74, 6) is 0.0376. The van der Waals surface area contributed by atoms with Crippen LogP contribution in [0.1, 0.15) is 17.0 Å². The van der Waals surface area contributed by atoms with Crippen molar-refractivity contribution in [3.8, 4) is 11.1 Å². The number of ether oxygens (including phenoxy) is 1. The van der Waals surface area contributed by atoms with E-state index in [-0.39, 0.29) is 25.1 Å². The van der Waals surface area contributed by atoms with Gasteiger partial charge in [0.2, 0.25) is 0 Å². The second-order valence-electron chi connectivity index (χ2n) is 7.34. The number of aliphatic hydroxyl groups is 1. The summed E-state index contributed by atoms with van der Waals surface area (Å²) in [6.07, 6.45) is -1.13. The van der Waals surface area contributed by atoms with Crippen LogP contribution in [0.3, 0.4) is 0 Å². The van der Waals surface area contributed by atoms with Crippen LogP contribution in [-0.2, 0) is 4.74 Å². The zero-order chi connectivity index (χ0) is 18.8. The highest BCUT2D eigenvalue weighted by Gasteiger charge is 2.29. The predicted molar refractivity (Wildman–Crippen MR) is 103 cm³/mol. The zero-order valence-electron chi connectivity index (χ0n) is 15.2. The molecule has 27 heavy (non-hydrogen) atoms. The van der Waals surface area contributed by atoms with Crippen LogP contribution in [-0.4, -0.2) is 61.0 Å². The van der Waals surface area contributed by atoms with Crippen molar-refractivity contribution < 1.29 is 14.6 Å². The second kappa shape index (κ2) is 7.68. The molecule has 0 saturated carbocycles. The van der Waals surface area contributed by atoms with Gasteiger partial charge in [-0.3, -0.25) is 4.90 Å². The van der Waals surface area contributed by atoms with E-state index in [0.717, 1.165) is 13.1 Å². The molecule has 0 spiro atoms. The van der Waals surface area contributed by atoms with E-state index in [4.69, 9.17) is 10.5 Å². The van der Waals surface area contributed by atoms with Gasteiger partial charge in [0, 0.05) is 38.1 Å². The molecule has 2 aromatic carbocycles. The minimum Gasteiger partial charge on any atom is -0.449 e. The molecule has 4 N–H and O–H groups in total. The van der Waals surface area contributed by atoms with Gasteiger partial charge in [0.05, 0.1) is 6.10 Å². The molecule has 0 radical (unpaired) electrons. The van der Waals surface area contributed by atoms with Crippen molar-refractivity contribution in [2.45, 2.75) is 18.1 Å². The summed E-state index contributed by atoms with van der Waals surface area (Å²) >= 11 is 0. The van der Waals surface area contributed by atoms with Gasteiger partial charge in [0.15, 0.2) is 0 Å². The third-order valence-electron chi connectivity index (χ3n) is 5.28. The molecule has 0 bridgehead atoms. The summed E-state index contributed by atoms with van der Waals surface area (Å²) in [5.41, 5.74) is 10.5. The third kappa shape index (κ3) is 3.83. The van der Waals surface area contributed by atoms with Crippen molar-refractivity contribution in [2.75, 3.05) is 32.8 Å². The van der Waals surface area contributed by atoms with E-state index in [9.17, 15) is 9.90 Å². The smallest absolute Gasteiger partial charge is 0.407 e. The van der Waals surface area contributed by atoms with E-state index in [1.54, 1.807) is 0 Å². The molecule has 1 atom stereocenters. The number of nitrogens with one attached hydrogen (secondary N) is 1. The Labute approximate surface area is 158 Å².